The van der Waals surface area contributed by atoms with Crippen molar-refractivity contribution >= 4 is 11.8 Å². The molecule has 0 radical (unpaired) electrons. The highest BCUT2D eigenvalue weighted by atomic mass is 32.2. The molecule has 1 aromatic rings. The maximum atomic E-state index is 4.04. The van der Waals surface area contributed by atoms with Crippen molar-refractivity contribution in [2.75, 3.05) is 18.8 Å². The van der Waals surface area contributed by atoms with Crippen molar-refractivity contribution in [3.63, 3.8) is 0 Å². The summed E-state index contributed by atoms with van der Waals surface area (Å²) in [7, 11) is 0. The van der Waals surface area contributed by atoms with Gasteiger partial charge < -0.3 is 5.32 Å². The van der Waals surface area contributed by atoms with Crippen molar-refractivity contribution in [1.29, 1.82) is 0 Å². The first-order valence-corrected chi connectivity index (χ1v) is 6.46. The van der Waals surface area contributed by atoms with Gasteiger partial charge in [0.05, 0.1) is 0 Å². The van der Waals surface area contributed by atoms with Crippen LogP contribution in [0.25, 0.3) is 0 Å². The van der Waals surface area contributed by atoms with Crippen LogP contribution in [-0.4, -0.2) is 34.0 Å². The molecule has 1 aromatic heterocycles. The molecule has 86 valence electrons. The van der Waals surface area contributed by atoms with Gasteiger partial charge in [0.15, 0.2) is 5.16 Å². The smallest absolute Gasteiger partial charge is 0.183 e. The van der Waals surface area contributed by atoms with Crippen molar-refractivity contribution in [2.45, 2.75) is 31.8 Å². The summed E-state index contributed by atoms with van der Waals surface area (Å²) < 4.78 is 0. The molecule has 0 spiro atoms. The second-order valence-corrected chi connectivity index (χ2v) is 5.01. The Balaban J connectivity index is 1.85. The van der Waals surface area contributed by atoms with Crippen LogP contribution in [0.5, 0.6) is 0 Å². The molecule has 15 heavy (non-hydrogen) atoms. The maximum absolute atomic E-state index is 4.04. The van der Waals surface area contributed by atoms with Crippen LogP contribution in [0.1, 0.15) is 26.7 Å². The predicted molar refractivity (Wildman–Crippen MR) is 64.0 cm³/mol. The lowest BCUT2D eigenvalue weighted by atomic mass is 10.1. The van der Waals surface area contributed by atoms with Gasteiger partial charge in [-0.05, 0) is 25.3 Å². The largest absolute Gasteiger partial charge is 0.316 e. The number of H-pyrrole nitrogens is 1. The van der Waals surface area contributed by atoms with E-state index in [1.165, 1.54) is 12.8 Å². The molecular weight excluding hydrogens is 208 g/mol. The van der Waals surface area contributed by atoms with E-state index in [0.717, 1.165) is 29.9 Å². The van der Waals surface area contributed by atoms with Crippen LogP contribution in [0, 0.1) is 5.92 Å². The zero-order chi connectivity index (χ0) is 10.9. The second kappa shape index (κ2) is 7.70. The lowest BCUT2D eigenvalue weighted by molar-refractivity contribution is 0.534. The average Bonchev–Trinajstić information content (AvgIpc) is 2.68. The third-order valence-corrected chi connectivity index (χ3v) is 2.92. The third-order valence-electron chi connectivity index (χ3n) is 2.05. The monoisotopic (exact) mass is 228 g/mol. The topological polar surface area (TPSA) is 53.6 Å². The SMILES string of the molecule is CC(C)CCCNCCSc1ncn[nH]1. The summed E-state index contributed by atoms with van der Waals surface area (Å²) in [5.74, 6) is 1.85. The molecule has 4 nitrogen and oxygen atoms in total. The van der Waals surface area contributed by atoms with E-state index in [9.17, 15) is 0 Å². The third kappa shape index (κ3) is 6.52. The van der Waals surface area contributed by atoms with Gasteiger partial charge in [-0.2, -0.15) is 5.10 Å². The predicted octanol–water partition coefficient (Wildman–Crippen LogP) is 1.92. The number of thioether (sulfide) groups is 1. The van der Waals surface area contributed by atoms with Crippen LogP contribution in [0.4, 0.5) is 0 Å². The van der Waals surface area contributed by atoms with Crippen LogP contribution in [0.15, 0.2) is 11.5 Å². The molecule has 0 saturated heterocycles. The van der Waals surface area contributed by atoms with E-state index in [2.05, 4.69) is 34.3 Å². The maximum Gasteiger partial charge on any atom is 0.183 e. The summed E-state index contributed by atoms with van der Waals surface area (Å²) in [5.41, 5.74) is 0. The van der Waals surface area contributed by atoms with Crippen LogP contribution < -0.4 is 5.32 Å². The molecule has 0 aromatic carbocycles. The van der Waals surface area contributed by atoms with Gasteiger partial charge in [-0.1, -0.05) is 25.6 Å². The zero-order valence-electron chi connectivity index (χ0n) is 9.49. The van der Waals surface area contributed by atoms with Gasteiger partial charge in [-0.15, -0.1) is 0 Å². The Kier molecular flexibility index (Phi) is 6.43. The van der Waals surface area contributed by atoms with Crippen molar-refractivity contribution in [3.8, 4) is 0 Å². The fraction of sp³-hybridized carbons (Fsp3) is 0.800. The van der Waals surface area contributed by atoms with Crippen LogP contribution in [-0.2, 0) is 0 Å². The Morgan fingerprint density at radius 3 is 3.00 bits per heavy atom. The number of rotatable bonds is 8. The Morgan fingerprint density at radius 1 is 1.47 bits per heavy atom. The van der Waals surface area contributed by atoms with Crippen molar-refractivity contribution < 1.29 is 0 Å². The number of aromatic nitrogens is 3. The quantitative estimate of drug-likeness (QED) is 0.527. The van der Waals surface area contributed by atoms with E-state index >= 15 is 0 Å². The molecule has 0 amide bonds. The summed E-state index contributed by atoms with van der Waals surface area (Å²) in [5, 5.41) is 10.9. The lowest BCUT2D eigenvalue weighted by Gasteiger charge is -2.05. The highest BCUT2D eigenvalue weighted by Gasteiger charge is 1.96. The molecule has 2 N–H and O–H groups in total. The van der Waals surface area contributed by atoms with Crippen LogP contribution >= 0.6 is 11.8 Å². The number of nitrogens with zero attached hydrogens (tertiary/aromatic N) is 2. The summed E-state index contributed by atoms with van der Waals surface area (Å²) in [4.78, 5) is 4.04. The van der Waals surface area contributed by atoms with E-state index in [-0.39, 0.29) is 0 Å². The number of aromatic amines is 1. The van der Waals surface area contributed by atoms with Crippen LogP contribution in [0.3, 0.4) is 0 Å². The summed E-state index contributed by atoms with van der Waals surface area (Å²) in [6, 6.07) is 0. The standard InChI is InChI=1S/C10H20N4S/c1-9(2)4-3-5-11-6-7-15-10-12-8-13-14-10/h8-9,11H,3-7H2,1-2H3,(H,12,13,14). The second-order valence-electron chi connectivity index (χ2n) is 3.93. The van der Waals surface area contributed by atoms with Crippen molar-refractivity contribution in [3.05, 3.63) is 6.33 Å². The van der Waals surface area contributed by atoms with E-state index < -0.39 is 0 Å². The Bertz CT molecular complexity index is 236. The summed E-state index contributed by atoms with van der Waals surface area (Å²) in [6.07, 6.45) is 4.12. The normalized spacial score (nSPS) is 11.1. The molecule has 0 aliphatic rings. The molecule has 0 aliphatic carbocycles. The van der Waals surface area contributed by atoms with Crippen LogP contribution in [0.2, 0.25) is 0 Å². The van der Waals surface area contributed by atoms with E-state index in [4.69, 9.17) is 0 Å². The van der Waals surface area contributed by atoms with Gasteiger partial charge in [-0.3, -0.25) is 5.10 Å². The number of nitrogens with one attached hydrogen (secondary N) is 2. The van der Waals surface area contributed by atoms with Crippen molar-refractivity contribution in [2.24, 2.45) is 5.92 Å². The molecule has 0 saturated carbocycles. The first-order chi connectivity index (χ1) is 7.29. The van der Waals surface area contributed by atoms with Gasteiger partial charge >= 0.3 is 0 Å². The molecule has 0 atom stereocenters. The van der Waals surface area contributed by atoms with Gasteiger partial charge in [0.2, 0.25) is 0 Å². The molecule has 1 heterocycles. The van der Waals surface area contributed by atoms with Gasteiger partial charge in [-0.25, -0.2) is 4.98 Å². The highest BCUT2D eigenvalue weighted by molar-refractivity contribution is 7.99. The molecule has 5 heteroatoms. The van der Waals surface area contributed by atoms with Gasteiger partial charge in [0, 0.05) is 12.3 Å². The molecular formula is C10H20N4S. The number of hydrogen-bond donors (Lipinski definition) is 2. The first-order valence-electron chi connectivity index (χ1n) is 5.48. The molecule has 0 bridgehead atoms. The minimum Gasteiger partial charge on any atom is -0.316 e. The fourth-order valence-electron chi connectivity index (χ4n) is 1.24. The summed E-state index contributed by atoms with van der Waals surface area (Å²) >= 11 is 1.70. The average molecular weight is 228 g/mol. The fourth-order valence-corrected chi connectivity index (χ4v) is 1.92. The van der Waals surface area contributed by atoms with E-state index in [0.29, 0.717) is 0 Å². The van der Waals surface area contributed by atoms with Gasteiger partial charge in [0.1, 0.15) is 6.33 Å². The van der Waals surface area contributed by atoms with E-state index in [1.54, 1.807) is 18.1 Å². The number of hydrogen-bond acceptors (Lipinski definition) is 4. The molecule has 1 rings (SSSR count). The Labute approximate surface area is 95.6 Å². The Morgan fingerprint density at radius 2 is 2.33 bits per heavy atom. The lowest BCUT2D eigenvalue weighted by Crippen LogP contribution is -2.18. The summed E-state index contributed by atoms with van der Waals surface area (Å²) in [6.45, 7) is 6.68. The molecule has 0 unspecified atom stereocenters. The molecule has 0 aliphatic heterocycles. The van der Waals surface area contributed by atoms with E-state index in [1.807, 2.05) is 0 Å². The minimum atomic E-state index is 0.815. The first kappa shape index (κ1) is 12.5. The zero-order valence-corrected chi connectivity index (χ0v) is 10.3. The highest BCUT2D eigenvalue weighted by Crippen LogP contribution is 2.08. The van der Waals surface area contributed by atoms with Crippen molar-refractivity contribution in [1.82, 2.24) is 20.5 Å². The Hall–Kier alpha value is -0.550. The molecule has 0 fully saturated rings. The minimum absolute atomic E-state index is 0.815. The van der Waals surface area contributed by atoms with Gasteiger partial charge in [0.25, 0.3) is 0 Å².